The maximum absolute atomic E-state index is 13.0. The number of hydrogen-bond donors (Lipinski definition) is 9. The molecule has 20 heteroatoms. The zero-order valence-electron chi connectivity index (χ0n) is 41.6. The monoisotopic (exact) mass is 1050 g/mol. The van der Waals surface area contributed by atoms with Crippen LogP contribution < -0.4 is 0 Å². The molecule has 1 aliphatic carbocycles. The van der Waals surface area contributed by atoms with Crippen molar-refractivity contribution in [3.63, 3.8) is 0 Å². The lowest BCUT2D eigenvalue weighted by molar-refractivity contribution is -0.216. The molecule has 1 aliphatic rings. The first-order valence-corrected chi connectivity index (χ1v) is 28.0. The molecule has 0 bridgehead atoms. The molecule has 1 saturated carbocycles. The van der Waals surface area contributed by atoms with Crippen molar-refractivity contribution in [2.24, 2.45) is 0 Å². The summed E-state index contributed by atoms with van der Waals surface area (Å²) in [4.78, 5) is 54.5. The van der Waals surface area contributed by atoms with Gasteiger partial charge in [-0.1, -0.05) is 137 Å². The van der Waals surface area contributed by atoms with Crippen molar-refractivity contribution in [3.8, 4) is 0 Å². The fourth-order valence-electron chi connectivity index (χ4n) is 6.93. The van der Waals surface area contributed by atoms with Crippen LogP contribution >= 0.6 is 15.6 Å². The summed E-state index contributed by atoms with van der Waals surface area (Å²) < 4.78 is 49.2. The van der Waals surface area contributed by atoms with Crippen LogP contribution in [0.1, 0.15) is 142 Å². The first-order chi connectivity index (χ1) is 33.9. The molecule has 0 amide bonds. The van der Waals surface area contributed by atoms with Gasteiger partial charge >= 0.3 is 27.6 Å². The molecular formula is C51H84O18P2. The van der Waals surface area contributed by atoms with Crippen molar-refractivity contribution in [1.82, 2.24) is 0 Å². The Bertz CT molecular complexity index is 1770. The Balaban J connectivity index is 2.68. The average molecular weight is 1050 g/mol. The van der Waals surface area contributed by atoms with Crippen molar-refractivity contribution >= 4 is 27.6 Å². The van der Waals surface area contributed by atoms with Crippen LogP contribution in [0, 0.1) is 0 Å². The predicted molar refractivity (Wildman–Crippen MR) is 271 cm³/mol. The largest absolute Gasteiger partial charge is 0.472 e. The number of aliphatic hydroxyl groups is 6. The molecule has 0 saturated heterocycles. The summed E-state index contributed by atoms with van der Waals surface area (Å²) in [7, 11) is -10.8. The Morgan fingerprint density at radius 1 is 0.507 bits per heavy atom. The molecule has 1 fully saturated rings. The van der Waals surface area contributed by atoms with E-state index in [-0.39, 0.29) is 32.1 Å². The third-order valence-corrected chi connectivity index (χ3v) is 12.4. The van der Waals surface area contributed by atoms with Crippen molar-refractivity contribution < 1.29 is 87.1 Å². The molecule has 0 heterocycles. The maximum atomic E-state index is 13.0. The predicted octanol–water partition coefficient (Wildman–Crippen LogP) is 7.89. The van der Waals surface area contributed by atoms with Crippen LogP contribution in [-0.4, -0.2) is 125 Å². The van der Waals surface area contributed by atoms with Crippen LogP contribution in [0.3, 0.4) is 0 Å². The number of allylic oxidation sites excluding steroid dienone is 15. The second-order valence-electron chi connectivity index (χ2n) is 17.1. The van der Waals surface area contributed by atoms with Gasteiger partial charge in [-0.25, -0.2) is 9.13 Å². The Kier molecular flexibility index (Phi) is 37.3. The number of hydrogen-bond acceptors (Lipinski definition) is 15. The molecule has 406 valence electrons. The summed E-state index contributed by atoms with van der Waals surface area (Å²) in [5, 5.41) is 62.1. The van der Waals surface area contributed by atoms with Crippen LogP contribution in [0.4, 0.5) is 0 Å². The number of carbonyl (C=O) groups excluding carboxylic acids is 2. The zero-order chi connectivity index (χ0) is 52.8. The highest BCUT2D eigenvalue weighted by molar-refractivity contribution is 7.47. The van der Waals surface area contributed by atoms with E-state index >= 15 is 0 Å². The van der Waals surface area contributed by atoms with Gasteiger partial charge in [0.15, 0.2) is 6.10 Å². The second kappa shape index (κ2) is 40.3. The molecule has 0 radical (unpaired) electrons. The number of unbranched alkanes of at least 4 members (excludes halogenated alkanes) is 6. The van der Waals surface area contributed by atoms with Gasteiger partial charge in [0.25, 0.3) is 0 Å². The molecule has 10 atom stereocenters. The van der Waals surface area contributed by atoms with E-state index in [9.17, 15) is 64.0 Å². The molecule has 18 nitrogen and oxygen atoms in total. The Morgan fingerprint density at radius 2 is 0.958 bits per heavy atom. The third-order valence-electron chi connectivity index (χ3n) is 10.9. The van der Waals surface area contributed by atoms with Gasteiger partial charge in [0.05, 0.1) is 18.8 Å². The zero-order valence-corrected chi connectivity index (χ0v) is 43.4. The third kappa shape index (κ3) is 34.1. The van der Waals surface area contributed by atoms with Crippen LogP contribution in [0.15, 0.2) is 97.2 Å². The summed E-state index contributed by atoms with van der Waals surface area (Å²) in [5.74, 6) is -1.52. The van der Waals surface area contributed by atoms with E-state index in [1.165, 1.54) is 0 Å². The maximum Gasteiger partial charge on any atom is 0.472 e. The molecule has 9 N–H and O–H groups in total. The molecule has 0 aliphatic heterocycles. The smallest absolute Gasteiger partial charge is 0.462 e. The van der Waals surface area contributed by atoms with Gasteiger partial charge in [0.2, 0.25) is 0 Å². The first-order valence-electron chi connectivity index (χ1n) is 24.9. The SMILES string of the molecule is CC/C=C\C/C=C\C/C=C\C/C=C\CCCCCCCCC(=O)O[C@H](COC(=O)CCC[C@H](O)[C@@H](O)C/C=C\C/C=C\C/C=C\C/C=C\CC)COP(=O)(O)O[C@H]1C(O)C(O)C(O)[C@@H](OP(=O)(O)O)C1O. The quantitative estimate of drug-likeness (QED) is 0.0122. The van der Waals surface area contributed by atoms with E-state index in [4.69, 9.17) is 18.5 Å². The number of esters is 2. The number of phosphoric acid groups is 2. The number of phosphoric ester groups is 2. The van der Waals surface area contributed by atoms with Crippen molar-refractivity contribution in [2.45, 2.75) is 197 Å². The average Bonchev–Trinajstić information content (AvgIpc) is 3.32. The minimum atomic E-state index is -5.40. The van der Waals surface area contributed by atoms with Crippen molar-refractivity contribution in [3.05, 3.63) is 97.2 Å². The normalized spacial score (nSPS) is 22.6. The highest BCUT2D eigenvalue weighted by Crippen LogP contribution is 2.49. The van der Waals surface area contributed by atoms with Gasteiger partial charge in [-0.3, -0.25) is 23.2 Å². The van der Waals surface area contributed by atoms with Gasteiger partial charge in [-0.2, -0.15) is 0 Å². The lowest BCUT2D eigenvalue weighted by atomic mass is 9.85. The van der Waals surface area contributed by atoms with E-state index in [0.29, 0.717) is 12.8 Å². The van der Waals surface area contributed by atoms with Crippen LogP contribution in [0.25, 0.3) is 0 Å². The topological polar surface area (TPSA) is 296 Å². The highest BCUT2D eigenvalue weighted by atomic mass is 31.2. The number of ether oxygens (including phenoxy) is 2. The van der Waals surface area contributed by atoms with E-state index in [1.54, 1.807) is 6.08 Å². The lowest BCUT2D eigenvalue weighted by Crippen LogP contribution is -2.64. The number of aliphatic hydroxyl groups excluding tert-OH is 6. The van der Waals surface area contributed by atoms with Crippen molar-refractivity contribution in [2.75, 3.05) is 13.2 Å². The van der Waals surface area contributed by atoms with Gasteiger partial charge < -0.3 is 54.8 Å². The van der Waals surface area contributed by atoms with Crippen molar-refractivity contribution in [1.29, 1.82) is 0 Å². The van der Waals surface area contributed by atoms with Gasteiger partial charge in [-0.15, -0.1) is 0 Å². The minimum absolute atomic E-state index is 0.0392. The number of rotatable bonds is 40. The Labute approximate surface area is 421 Å². The molecule has 71 heavy (non-hydrogen) atoms. The molecule has 0 aromatic carbocycles. The van der Waals surface area contributed by atoms with Gasteiger partial charge in [0.1, 0.15) is 43.2 Å². The van der Waals surface area contributed by atoms with E-state index in [1.807, 2.05) is 18.2 Å². The van der Waals surface area contributed by atoms with E-state index in [2.05, 4.69) is 91.3 Å². The lowest BCUT2D eigenvalue weighted by Gasteiger charge is -2.43. The molecule has 5 unspecified atom stereocenters. The standard InChI is InChI=1S/C51H84O18P2/c1-3-5-7-9-11-13-15-17-18-19-20-21-22-23-25-27-29-31-33-37-45(55)67-41(40-66-71(63,64)69-51-48(58)46(56)47(57)50(49(51)59)68-70(60,61)62)39-65-44(54)38-34-36-43(53)42(52)35-32-30-28-26-24-16-14-12-10-8-6-4-2/h5-8,11-14,17-18,20-21,24,26,30,32,41-43,46-53,56-59H,3-4,9-10,15-16,19,22-23,25,27-29,31,33-40H2,1-2H3,(H,63,64)(H2,60,61,62)/b7-5-,8-6-,13-11-,14-12-,18-17-,21-20-,26-24-,32-30-/t41-,42+,43+,46?,47?,48?,49?,50-,51+/m1/s1. The highest BCUT2D eigenvalue weighted by Gasteiger charge is 2.54. The molecule has 1 rings (SSSR count). The fourth-order valence-corrected chi connectivity index (χ4v) is 8.47. The Hall–Kier alpha value is -3.16. The fraction of sp³-hybridized carbons (Fsp3) is 0.647. The summed E-state index contributed by atoms with van der Waals surface area (Å²) in [6, 6.07) is 0. The van der Waals surface area contributed by atoms with Gasteiger partial charge in [0, 0.05) is 12.8 Å². The summed E-state index contributed by atoms with van der Waals surface area (Å²) >= 11 is 0. The second-order valence-corrected chi connectivity index (χ2v) is 19.7. The summed E-state index contributed by atoms with van der Waals surface area (Å²) in [6.45, 7) is 2.62. The summed E-state index contributed by atoms with van der Waals surface area (Å²) in [5.41, 5.74) is 0. The first kappa shape index (κ1) is 65.9. The van der Waals surface area contributed by atoms with E-state index in [0.717, 1.165) is 83.5 Å². The van der Waals surface area contributed by atoms with Crippen LogP contribution in [0.2, 0.25) is 0 Å². The van der Waals surface area contributed by atoms with Crippen LogP contribution in [-0.2, 0) is 41.8 Å². The van der Waals surface area contributed by atoms with E-state index < -0.39 is 95.7 Å². The molecule has 0 aromatic heterocycles. The summed E-state index contributed by atoms with van der Waals surface area (Å²) in [6.07, 6.45) is 29.3. The molecular weight excluding hydrogens is 962 g/mol. The Morgan fingerprint density at radius 3 is 1.48 bits per heavy atom. The number of carbonyl (C=O) groups is 2. The van der Waals surface area contributed by atoms with Crippen LogP contribution in [0.5, 0.6) is 0 Å². The van der Waals surface area contributed by atoms with Gasteiger partial charge in [-0.05, 0) is 89.9 Å². The molecule has 0 spiro atoms. The minimum Gasteiger partial charge on any atom is -0.462 e. The molecule has 0 aromatic rings.